The van der Waals surface area contributed by atoms with Crippen molar-refractivity contribution in [2.24, 2.45) is 0 Å². The van der Waals surface area contributed by atoms with Crippen molar-refractivity contribution in [3.05, 3.63) is 39.2 Å². The number of nitrogens with one attached hydrogen (secondary N) is 1. The average molecular weight is 347 g/mol. The van der Waals surface area contributed by atoms with Gasteiger partial charge in [0.1, 0.15) is 0 Å². The Kier molecular flexibility index (Phi) is 3.45. The molecule has 0 fully saturated rings. The molecule has 4 nitrogen and oxygen atoms in total. The van der Waals surface area contributed by atoms with Crippen LogP contribution >= 0.6 is 34.2 Å². The van der Waals surface area contributed by atoms with Gasteiger partial charge in [0.25, 0.3) is 0 Å². The number of hydrogen-bond acceptors (Lipinski definition) is 4. The molecule has 0 bridgehead atoms. The minimum absolute atomic E-state index is 0.470. The molecule has 0 saturated heterocycles. The van der Waals surface area contributed by atoms with Crippen LogP contribution in [0.15, 0.2) is 30.6 Å². The maximum atomic E-state index is 6.06. The molecule has 82 valence electrons. The van der Waals surface area contributed by atoms with Crippen molar-refractivity contribution in [3.63, 3.8) is 0 Å². The van der Waals surface area contributed by atoms with E-state index in [4.69, 9.17) is 17.3 Å². The van der Waals surface area contributed by atoms with E-state index in [9.17, 15) is 0 Å². The molecule has 0 aliphatic carbocycles. The summed E-state index contributed by atoms with van der Waals surface area (Å²) in [6.07, 6.45) is 3.08. The molecular formula is C10H8ClIN4. The zero-order valence-electron chi connectivity index (χ0n) is 8.11. The lowest BCUT2D eigenvalue weighted by Crippen LogP contribution is -1.98. The van der Waals surface area contributed by atoms with Gasteiger partial charge in [-0.2, -0.15) is 0 Å². The van der Waals surface area contributed by atoms with Gasteiger partial charge in [0.15, 0.2) is 0 Å². The van der Waals surface area contributed by atoms with Crippen molar-refractivity contribution in [3.8, 4) is 0 Å². The van der Waals surface area contributed by atoms with Crippen LogP contribution in [-0.4, -0.2) is 9.97 Å². The lowest BCUT2D eigenvalue weighted by molar-refractivity contribution is 1.17. The van der Waals surface area contributed by atoms with Gasteiger partial charge in [0, 0.05) is 3.57 Å². The molecule has 0 aliphatic heterocycles. The summed E-state index contributed by atoms with van der Waals surface area (Å²) < 4.78 is 1.08. The van der Waals surface area contributed by atoms with Gasteiger partial charge in [-0.1, -0.05) is 11.6 Å². The summed E-state index contributed by atoms with van der Waals surface area (Å²) >= 11 is 8.26. The molecule has 0 atom stereocenters. The Bertz CT molecular complexity index is 501. The highest BCUT2D eigenvalue weighted by molar-refractivity contribution is 14.1. The van der Waals surface area contributed by atoms with E-state index in [1.165, 1.54) is 12.4 Å². The summed E-state index contributed by atoms with van der Waals surface area (Å²) in [6.45, 7) is 0. The summed E-state index contributed by atoms with van der Waals surface area (Å²) in [7, 11) is 0. The second kappa shape index (κ2) is 4.84. The molecule has 1 aromatic heterocycles. The summed E-state index contributed by atoms with van der Waals surface area (Å²) in [5.74, 6) is 0.470. The number of nitrogens with zero attached hydrogens (tertiary/aromatic N) is 2. The number of benzene rings is 1. The van der Waals surface area contributed by atoms with Gasteiger partial charge in [-0.25, -0.2) is 9.97 Å². The van der Waals surface area contributed by atoms with Crippen LogP contribution in [0.4, 0.5) is 17.3 Å². The number of aromatic nitrogens is 2. The minimum atomic E-state index is 0.470. The van der Waals surface area contributed by atoms with Crippen molar-refractivity contribution in [1.29, 1.82) is 0 Å². The Labute approximate surface area is 111 Å². The lowest BCUT2D eigenvalue weighted by Gasteiger charge is -2.06. The summed E-state index contributed by atoms with van der Waals surface area (Å²) in [5.41, 5.74) is 6.79. The molecule has 0 amide bonds. The van der Waals surface area contributed by atoms with E-state index in [1.807, 2.05) is 18.2 Å². The Morgan fingerprint density at radius 2 is 1.94 bits per heavy atom. The van der Waals surface area contributed by atoms with E-state index in [-0.39, 0.29) is 0 Å². The third-order valence-electron chi connectivity index (χ3n) is 1.85. The first-order valence-corrected chi connectivity index (χ1v) is 5.90. The molecule has 0 spiro atoms. The van der Waals surface area contributed by atoms with Crippen LogP contribution in [0.5, 0.6) is 0 Å². The molecule has 2 aromatic rings. The summed E-state index contributed by atoms with van der Waals surface area (Å²) in [4.78, 5) is 8.06. The second-order valence-corrected chi connectivity index (χ2v) is 4.74. The molecule has 1 heterocycles. The third-order valence-corrected chi connectivity index (χ3v) is 2.83. The van der Waals surface area contributed by atoms with Crippen molar-refractivity contribution >= 4 is 51.5 Å². The van der Waals surface area contributed by atoms with Crippen molar-refractivity contribution in [2.75, 3.05) is 11.1 Å². The summed E-state index contributed by atoms with van der Waals surface area (Å²) in [5, 5.41) is 3.65. The van der Waals surface area contributed by atoms with E-state index >= 15 is 0 Å². The van der Waals surface area contributed by atoms with Crippen LogP contribution < -0.4 is 11.1 Å². The van der Waals surface area contributed by atoms with Gasteiger partial charge >= 0.3 is 0 Å². The van der Waals surface area contributed by atoms with E-state index in [1.54, 1.807) is 0 Å². The van der Waals surface area contributed by atoms with Gasteiger partial charge in [0.05, 0.1) is 28.8 Å². The highest BCUT2D eigenvalue weighted by Gasteiger charge is 2.02. The second-order valence-electron chi connectivity index (χ2n) is 3.09. The molecule has 0 radical (unpaired) electrons. The van der Waals surface area contributed by atoms with Gasteiger partial charge < -0.3 is 11.1 Å². The first kappa shape index (κ1) is 11.4. The molecule has 16 heavy (non-hydrogen) atoms. The lowest BCUT2D eigenvalue weighted by atomic mass is 10.3. The Morgan fingerprint density at radius 1 is 1.25 bits per heavy atom. The van der Waals surface area contributed by atoms with Crippen LogP contribution in [-0.2, 0) is 0 Å². The third kappa shape index (κ3) is 2.73. The van der Waals surface area contributed by atoms with Crippen molar-refractivity contribution in [2.45, 2.75) is 0 Å². The number of halogens is 2. The molecule has 1 aromatic carbocycles. The minimum Gasteiger partial charge on any atom is -0.396 e. The van der Waals surface area contributed by atoms with E-state index in [2.05, 4.69) is 37.9 Å². The number of rotatable bonds is 2. The van der Waals surface area contributed by atoms with Gasteiger partial charge in [0.2, 0.25) is 5.95 Å². The highest BCUT2D eigenvalue weighted by atomic mass is 127. The average Bonchev–Trinajstić information content (AvgIpc) is 2.25. The van der Waals surface area contributed by atoms with Crippen LogP contribution in [0, 0.1) is 3.57 Å². The Balaban J connectivity index is 2.23. The number of nitrogen functional groups attached to an aromatic ring is 1. The quantitative estimate of drug-likeness (QED) is 0.820. The fourth-order valence-corrected chi connectivity index (χ4v) is 2.02. The van der Waals surface area contributed by atoms with Crippen LogP contribution in [0.1, 0.15) is 0 Å². The van der Waals surface area contributed by atoms with Gasteiger partial charge in [-0.05, 0) is 40.8 Å². The van der Waals surface area contributed by atoms with Crippen LogP contribution in [0.25, 0.3) is 0 Å². The maximum Gasteiger partial charge on any atom is 0.227 e. The normalized spacial score (nSPS) is 10.1. The van der Waals surface area contributed by atoms with E-state index < -0.39 is 0 Å². The number of nitrogens with two attached hydrogens (primary N) is 1. The molecule has 6 heteroatoms. The Morgan fingerprint density at radius 3 is 2.56 bits per heavy atom. The largest absolute Gasteiger partial charge is 0.396 e. The topological polar surface area (TPSA) is 63.8 Å². The van der Waals surface area contributed by atoms with Gasteiger partial charge in [-0.15, -0.1) is 0 Å². The SMILES string of the molecule is Nc1cnc(Nc2ccc(I)cc2Cl)nc1. The molecule has 2 rings (SSSR count). The molecule has 0 unspecified atom stereocenters. The van der Waals surface area contributed by atoms with Crippen molar-refractivity contribution in [1.82, 2.24) is 9.97 Å². The maximum absolute atomic E-state index is 6.06. The molecule has 0 saturated carbocycles. The van der Waals surface area contributed by atoms with Gasteiger partial charge in [-0.3, -0.25) is 0 Å². The number of anilines is 3. The fourth-order valence-electron chi connectivity index (χ4n) is 1.11. The zero-order chi connectivity index (χ0) is 11.5. The zero-order valence-corrected chi connectivity index (χ0v) is 11.0. The first-order valence-electron chi connectivity index (χ1n) is 4.45. The fraction of sp³-hybridized carbons (Fsp3) is 0. The predicted octanol–water partition coefficient (Wildman–Crippen LogP) is 3.06. The smallest absolute Gasteiger partial charge is 0.227 e. The standard InChI is InChI=1S/C10H8ClIN4/c11-8-3-6(12)1-2-9(8)16-10-14-4-7(13)5-15-10/h1-5H,13H2,(H,14,15,16). The highest BCUT2D eigenvalue weighted by Crippen LogP contribution is 2.25. The molecule has 3 N–H and O–H groups in total. The Hall–Kier alpha value is -1.08. The monoisotopic (exact) mass is 346 g/mol. The van der Waals surface area contributed by atoms with Crippen LogP contribution in [0.2, 0.25) is 5.02 Å². The summed E-state index contributed by atoms with van der Waals surface area (Å²) in [6, 6.07) is 5.69. The van der Waals surface area contributed by atoms with E-state index in [0.717, 1.165) is 9.26 Å². The molecule has 0 aliphatic rings. The molecular weight excluding hydrogens is 338 g/mol. The van der Waals surface area contributed by atoms with Crippen molar-refractivity contribution < 1.29 is 0 Å². The van der Waals surface area contributed by atoms with E-state index in [0.29, 0.717) is 16.7 Å². The number of hydrogen-bond donors (Lipinski definition) is 2. The first-order chi connectivity index (χ1) is 7.65. The van der Waals surface area contributed by atoms with Crippen LogP contribution in [0.3, 0.4) is 0 Å². The predicted molar refractivity (Wildman–Crippen MR) is 73.9 cm³/mol.